The molecule has 136 valence electrons. The summed E-state index contributed by atoms with van der Waals surface area (Å²) in [5.74, 6) is 0. The molecule has 26 heavy (non-hydrogen) atoms. The minimum absolute atomic E-state index is 0.0256. The summed E-state index contributed by atoms with van der Waals surface area (Å²) in [5, 5.41) is 5.08. The molecule has 9 heteroatoms. The number of nitrogens with zero attached hydrogens (tertiary/aromatic N) is 4. The lowest BCUT2D eigenvalue weighted by Gasteiger charge is -2.22. The predicted octanol–water partition coefficient (Wildman–Crippen LogP) is 1.92. The van der Waals surface area contributed by atoms with Crippen LogP contribution in [-0.2, 0) is 7.05 Å². The van der Waals surface area contributed by atoms with Crippen molar-refractivity contribution in [2.24, 2.45) is 7.05 Å². The summed E-state index contributed by atoms with van der Waals surface area (Å²) < 4.78 is 3.82. The van der Waals surface area contributed by atoms with E-state index in [1.807, 2.05) is 38.5 Å². The molecule has 1 saturated heterocycles. The monoisotopic (exact) mass is 372 g/mol. The van der Waals surface area contributed by atoms with E-state index in [0.29, 0.717) is 5.15 Å². The second kappa shape index (κ2) is 6.82. The van der Waals surface area contributed by atoms with Gasteiger partial charge < -0.3 is 4.57 Å². The summed E-state index contributed by atoms with van der Waals surface area (Å²) in [5.41, 5.74) is 16.6. The molecule has 0 aliphatic carbocycles. The molecule has 1 aromatic carbocycles. The molecule has 1 fully saturated rings. The molecule has 3 heterocycles. The Hall–Kier alpha value is -2.23. The molecule has 0 amide bonds. The number of hydrogen-bond acceptors (Lipinski definition) is 6. The second-order valence-corrected chi connectivity index (χ2v) is 6.70. The molecule has 0 bridgehead atoms. The number of imidazole rings is 1. The molecule has 0 spiro atoms. The molecule has 3 aromatic rings. The Bertz CT molecular complexity index is 910. The third-order valence-corrected chi connectivity index (χ3v) is 5.10. The highest BCUT2D eigenvalue weighted by Gasteiger charge is 2.28. The highest BCUT2D eigenvalue weighted by atomic mass is 35.5. The van der Waals surface area contributed by atoms with E-state index in [1.165, 1.54) is 0 Å². The van der Waals surface area contributed by atoms with Crippen LogP contribution >= 0.6 is 11.6 Å². The number of hydrazine groups is 3. The summed E-state index contributed by atoms with van der Waals surface area (Å²) in [7, 11) is 1.85. The van der Waals surface area contributed by atoms with Crippen molar-refractivity contribution in [1.29, 1.82) is 0 Å². The highest BCUT2D eigenvalue weighted by molar-refractivity contribution is 6.32. The minimum Gasteiger partial charge on any atom is -0.324 e. The van der Waals surface area contributed by atoms with E-state index in [4.69, 9.17) is 16.6 Å². The first-order chi connectivity index (χ1) is 12.6. The van der Waals surface area contributed by atoms with E-state index in [-0.39, 0.29) is 12.2 Å². The van der Waals surface area contributed by atoms with Gasteiger partial charge in [-0.2, -0.15) is 16.2 Å². The van der Waals surface area contributed by atoms with Crippen LogP contribution in [0.2, 0.25) is 5.15 Å². The van der Waals surface area contributed by atoms with Gasteiger partial charge in [0.15, 0.2) is 0 Å². The first-order valence-electron chi connectivity index (χ1n) is 8.40. The van der Waals surface area contributed by atoms with Gasteiger partial charge in [0, 0.05) is 12.6 Å². The summed E-state index contributed by atoms with van der Waals surface area (Å²) in [6.45, 7) is 4.08. The van der Waals surface area contributed by atoms with Crippen LogP contribution in [0.15, 0.2) is 36.7 Å². The SMILES string of the molecule is Cc1nn(C)c(Cl)c1-c1c(-c2ccccc2)ncn1C(C)C1NNNN1. The van der Waals surface area contributed by atoms with Gasteiger partial charge in [0.25, 0.3) is 0 Å². The molecule has 8 nitrogen and oxygen atoms in total. The topological polar surface area (TPSA) is 83.8 Å². The van der Waals surface area contributed by atoms with E-state index in [1.54, 1.807) is 4.68 Å². The van der Waals surface area contributed by atoms with Crippen LogP contribution in [0.1, 0.15) is 18.7 Å². The molecule has 4 rings (SSSR count). The molecule has 1 aliphatic heterocycles. The van der Waals surface area contributed by atoms with Crippen LogP contribution < -0.4 is 21.9 Å². The normalized spacial score (nSPS) is 16.3. The fourth-order valence-corrected chi connectivity index (χ4v) is 3.55. The van der Waals surface area contributed by atoms with Gasteiger partial charge in [0.2, 0.25) is 0 Å². The van der Waals surface area contributed by atoms with Crippen molar-refractivity contribution >= 4 is 11.6 Å². The molecule has 2 aromatic heterocycles. The van der Waals surface area contributed by atoms with Gasteiger partial charge in [-0.1, -0.05) is 41.9 Å². The van der Waals surface area contributed by atoms with E-state index >= 15 is 0 Å². The average Bonchev–Trinajstić information content (AvgIpc) is 3.36. The van der Waals surface area contributed by atoms with Gasteiger partial charge in [-0.05, 0) is 13.8 Å². The van der Waals surface area contributed by atoms with Crippen LogP contribution in [0.3, 0.4) is 0 Å². The molecule has 1 atom stereocenters. The van der Waals surface area contributed by atoms with Crippen molar-refractivity contribution in [2.75, 3.05) is 0 Å². The molecule has 0 saturated carbocycles. The molecule has 0 radical (unpaired) electrons. The van der Waals surface area contributed by atoms with Crippen molar-refractivity contribution in [3.05, 3.63) is 47.5 Å². The van der Waals surface area contributed by atoms with Crippen LogP contribution in [0, 0.1) is 6.92 Å². The Kier molecular flexibility index (Phi) is 4.51. The molecule has 1 unspecified atom stereocenters. The maximum Gasteiger partial charge on any atom is 0.136 e. The molecular formula is C17H21ClN8. The van der Waals surface area contributed by atoms with Crippen LogP contribution in [0.5, 0.6) is 0 Å². The zero-order valence-electron chi connectivity index (χ0n) is 14.8. The standard InChI is InChI=1S/C17H21ClN8/c1-10-13(16(18)25(3)22-10)15-14(12-7-5-4-6-8-12)19-9-26(15)11(2)17-20-23-24-21-17/h4-9,11,17,20-21,23-24H,1-3H3. The fourth-order valence-electron chi connectivity index (χ4n) is 3.29. The van der Waals surface area contributed by atoms with Crippen LogP contribution in [0.4, 0.5) is 0 Å². The van der Waals surface area contributed by atoms with Crippen LogP contribution in [0.25, 0.3) is 22.5 Å². The van der Waals surface area contributed by atoms with Gasteiger partial charge >= 0.3 is 0 Å². The number of hydrogen-bond donors (Lipinski definition) is 4. The number of aryl methyl sites for hydroxylation is 2. The summed E-state index contributed by atoms with van der Waals surface area (Å²) in [6.07, 6.45) is 1.83. The van der Waals surface area contributed by atoms with Gasteiger partial charge in [-0.25, -0.2) is 15.8 Å². The summed E-state index contributed by atoms with van der Waals surface area (Å²) in [6, 6.07) is 10.2. The van der Waals surface area contributed by atoms with Gasteiger partial charge in [-0.3, -0.25) is 4.68 Å². The summed E-state index contributed by atoms with van der Waals surface area (Å²) >= 11 is 6.60. The zero-order chi connectivity index (χ0) is 18.3. The highest BCUT2D eigenvalue weighted by Crippen LogP contribution is 2.38. The predicted molar refractivity (Wildman–Crippen MR) is 101 cm³/mol. The smallest absolute Gasteiger partial charge is 0.136 e. The average molecular weight is 373 g/mol. The Morgan fingerprint density at radius 2 is 1.85 bits per heavy atom. The zero-order valence-corrected chi connectivity index (χ0v) is 15.5. The number of aromatic nitrogens is 4. The Labute approximate surface area is 156 Å². The van der Waals surface area contributed by atoms with E-state index in [0.717, 1.165) is 28.2 Å². The lowest BCUT2D eigenvalue weighted by Crippen LogP contribution is -2.40. The lowest BCUT2D eigenvalue weighted by atomic mass is 10.0. The van der Waals surface area contributed by atoms with Gasteiger partial charge in [0.05, 0.1) is 35.0 Å². The van der Waals surface area contributed by atoms with E-state index in [9.17, 15) is 0 Å². The number of rotatable bonds is 4. The summed E-state index contributed by atoms with van der Waals surface area (Å²) in [4.78, 5) is 4.72. The van der Waals surface area contributed by atoms with E-state index < -0.39 is 0 Å². The maximum atomic E-state index is 6.60. The van der Waals surface area contributed by atoms with Gasteiger partial charge in [-0.15, -0.1) is 0 Å². The van der Waals surface area contributed by atoms with Gasteiger partial charge in [0.1, 0.15) is 11.3 Å². The van der Waals surface area contributed by atoms with Crippen molar-refractivity contribution in [1.82, 2.24) is 41.3 Å². The van der Waals surface area contributed by atoms with E-state index in [2.05, 4.69) is 50.6 Å². The largest absolute Gasteiger partial charge is 0.324 e. The number of benzene rings is 1. The van der Waals surface area contributed by atoms with Crippen molar-refractivity contribution in [2.45, 2.75) is 26.1 Å². The first kappa shape index (κ1) is 17.2. The number of halogens is 1. The third kappa shape index (κ3) is 2.81. The number of nitrogens with one attached hydrogen (secondary N) is 4. The Morgan fingerprint density at radius 1 is 1.15 bits per heavy atom. The molecular weight excluding hydrogens is 352 g/mol. The molecule has 4 N–H and O–H groups in total. The third-order valence-electron chi connectivity index (χ3n) is 4.67. The molecule has 1 aliphatic rings. The van der Waals surface area contributed by atoms with Crippen LogP contribution in [-0.4, -0.2) is 25.5 Å². The van der Waals surface area contributed by atoms with Crippen molar-refractivity contribution < 1.29 is 0 Å². The fraction of sp³-hybridized carbons (Fsp3) is 0.294. The maximum absolute atomic E-state index is 6.60. The Balaban J connectivity index is 1.92. The quantitative estimate of drug-likeness (QED) is 0.560. The van der Waals surface area contributed by atoms with Crippen molar-refractivity contribution in [3.8, 4) is 22.5 Å². The lowest BCUT2D eigenvalue weighted by molar-refractivity contribution is 0.368. The Morgan fingerprint density at radius 3 is 2.46 bits per heavy atom. The second-order valence-electron chi connectivity index (χ2n) is 6.35. The minimum atomic E-state index is -0.0256. The van der Waals surface area contributed by atoms with Crippen molar-refractivity contribution in [3.63, 3.8) is 0 Å². The first-order valence-corrected chi connectivity index (χ1v) is 8.78.